The molecule has 2 aliphatic rings. The smallest absolute Gasteiger partial charge is 0.118 e. The third-order valence-electron chi connectivity index (χ3n) is 6.66. The van der Waals surface area contributed by atoms with Crippen LogP contribution >= 0.6 is 0 Å². The third kappa shape index (κ3) is 2.73. The lowest BCUT2D eigenvalue weighted by Crippen LogP contribution is -2.28. The number of phenolic OH excluding ortho intramolecular Hbond substituents is 2. The second kappa shape index (κ2) is 6.30. The predicted octanol–water partition coefficient (Wildman–Crippen LogP) is 4.77. The Labute approximate surface area is 165 Å². The topological polar surface area (TPSA) is 49.7 Å². The maximum atomic E-state index is 10.1. The average molecular weight is 372 g/mol. The van der Waals surface area contributed by atoms with Crippen LogP contribution in [0, 0.1) is 5.41 Å². The summed E-state index contributed by atoms with van der Waals surface area (Å²) in [6, 6.07) is 19.9. The lowest BCUT2D eigenvalue weighted by molar-refractivity contribution is 0.257. The summed E-state index contributed by atoms with van der Waals surface area (Å²) >= 11 is 0. The second-order valence-corrected chi connectivity index (χ2v) is 8.33. The summed E-state index contributed by atoms with van der Waals surface area (Å²) in [5, 5.41) is 20.1. The summed E-state index contributed by atoms with van der Waals surface area (Å²) in [6.07, 6.45) is 3.92. The molecule has 0 heterocycles. The minimum Gasteiger partial charge on any atom is -0.508 e. The Bertz CT molecular complexity index is 1030. The van der Waals surface area contributed by atoms with Crippen molar-refractivity contribution in [2.45, 2.75) is 31.6 Å². The van der Waals surface area contributed by atoms with Crippen molar-refractivity contribution < 1.29 is 14.9 Å². The summed E-state index contributed by atoms with van der Waals surface area (Å²) in [6.45, 7) is 0. The first-order valence-electron chi connectivity index (χ1n) is 9.82. The fourth-order valence-corrected chi connectivity index (χ4v) is 5.37. The zero-order valence-corrected chi connectivity index (χ0v) is 16.0. The highest BCUT2D eigenvalue weighted by molar-refractivity contribution is 5.49. The van der Waals surface area contributed by atoms with E-state index in [1.807, 2.05) is 24.3 Å². The van der Waals surface area contributed by atoms with Gasteiger partial charge in [-0.15, -0.1) is 0 Å². The molecule has 3 aromatic rings. The molecule has 2 aliphatic carbocycles. The zero-order chi connectivity index (χ0) is 19.3. The Morgan fingerprint density at radius 2 is 1.46 bits per heavy atom. The van der Waals surface area contributed by atoms with E-state index >= 15 is 0 Å². The van der Waals surface area contributed by atoms with Crippen LogP contribution in [0.2, 0.25) is 0 Å². The molecule has 3 heteroatoms. The Hall–Kier alpha value is -2.94. The van der Waals surface area contributed by atoms with Gasteiger partial charge < -0.3 is 14.9 Å². The van der Waals surface area contributed by atoms with Crippen LogP contribution in [0.4, 0.5) is 0 Å². The van der Waals surface area contributed by atoms with E-state index in [9.17, 15) is 10.2 Å². The standard InChI is InChI=1S/C25H24O3/c1-28-22-8-2-16(3-9-22)10-24-23-12-21(27)7-5-18(23)14-25(24)13-17-4-6-20(26)11-19(17)15-25/h2-9,11-12,24,26-27H,10,13-15H2,1H3/t24?,25-/m1/s1. The van der Waals surface area contributed by atoms with Crippen LogP contribution < -0.4 is 4.74 Å². The van der Waals surface area contributed by atoms with Crippen LogP contribution in [-0.2, 0) is 25.7 Å². The molecule has 0 radical (unpaired) electrons. The Balaban J connectivity index is 1.55. The SMILES string of the molecule is COc1ccc(CC2c3cc(O)ccc3C[C@@]23Cc2ccc(O)cc2C3)cc1. The van der Waals surface area contributed by atoms with Crippen molar-refractivity contribution in [1.82, 2.24) is 0 Å². The second-order valence-electron chi connectivity index (χ2n) is 8.33. The highest BCUT2D eigenvalue weighted by Gasteiger charge is 2.49. The summed E-state index contributed by atoms with van der Waals surface area (Å²) in [5.41, 5.74) is 6.60. The maximum absolute atomic E-state index is 10.1. The van der Waals surface area contributed by atoms with Crippen LogP contribution in [0.1, 0.15) is 33.7 Å². The van der Waals surface area contributed by atoms with Crippen LogP contribution in [0.3, 0.4) is 0 Å². The molecule has 0 saturated heterocycles. The molecule has 28 heavy (non-hydrogen) atoms. The molecule has 5 rings (SSSR count). The number of ether oxygens (including phenoxy) is 1. The summed E-state index contributed by atoms with van der Waals surface area (Å²) in [7, 11) is 1.69. The number of rotatable bonds is 3. The van der Waals surface area contributed by atoms with Crippen molar-refractivity contribution in [3.05, 3.63) is 88.5 Å². The monoisotopic (exact) mass is 372 g/mol. The number of aromatic hydroxyl groups is 2. The van der Waals surface area contributed by atoms with Gasteiger partial charge >= 0.3 is 0 Å². The van der Waals surface area contributed by atoms with E-state index in [2.05, 4.69) is 24.3 Å². The number of phenols is 2. The number of hydrogen-bond donors (Lipinski definition) is 2. The van der Waals surface area contributed by atoms with E-state index in [1.54, 1.807) is 19.2 Å². The Kier molecular flexibility index (Phi) is 3.87. The molecule has 3 nitrogen and oxygen atoms in total. The molecular formula is C25H24O3. The maximum Gasteiger partial charge on any atom is 0.118 e. The van der Waals surface area contributed by atoms with E-state index in [1.165, 1.54) is 27.8 Å². The molecule has 0 fully saturated rings. The molecule has 2 N–H and O–H groups in total. The van der Waals surface area contributed by atoms with Crippen molar-refractivity contribution in [1.29, 1.82) is 0 Å². The Morgan fingerprint density at radius 3 is 2.21 bits per heavy atom. The number of methoxy groups -OCH3 is 1. The number of fused-ring (bicyclic) bond motifs is 2. The van der Waals surface area contributed by atoms with Crippen molar-refractivity contribution in [3.8, 4) is 17.2 Å². The lowest BCUT2D eigenvalue weighted by Gasteiger charge is -2.32. The zero-order valence-electron chi connectivity index (χ0n) is 16.0. The first-order chi connectivity index (χ1) is 13.6. The molecule has 142 valence electrons. The minimum absolute atomic E-state index is 0.103. The first-order valence-corrected chi connectivity index (χ1v) is 9.82. The summed E-state index contributed by atoms with van der Waals surface area (Å²) in [5.74, 6) is 1.88. The normalized spacial score (nSPS) is 22.2. The van der Waals surface area contributed by atoms with Gasteiger partial charge in [0.05, 0.1) is 7.11 Å². The minimum atomic E-state index is 0.103. The van der Waals surface area contributed by atoms with Crippen molar-refractivity contribution >= 4 is 0 Å². The Morgan fingerprint density at radius 1 is 0.821 bits per heavy atom. The largest absolute Gasteiger partial charge is 0.508 e. The van der Waals surface area contributed by atoms with Gasteiger partial charge in [-0.05, 0) is 101 Å². The van der Waals surface area contributed by atoms with E-state index in [-0.39, 0.29) is 5.41 Å². The quantitative estimate of drug-likeness (QED) is 0.696. The summed E-state index contributed by atoms with van der Waals surface area (Å²) < 4.78 is 5.30. The highest BCUT2D eigenvalue weighted by Crippen LogP contribution is 2.56. The van der Waals surface area contributed by atoms with Gasteiger partial charge in [0.1, 0.15) is 17.2 Å². The predicted molar refractivity (Wildman–Crippen MR) is 109 cm³/mol. The molecule has 0 saturated carbocycles. The molecule has 2 atom stereocenters. The van der Waals surface area contributed by atoms with Crippen LogP contribution in [-0.4, -0.2) is 17.3 Å². The molecular weight excluding hydrogens is 348 g/mol. The van der Waals surface area contributed by atoms with Crippen LogP contribution in [0.15, 0.2) is 60.7 Å². The number of benzene rings is 3. The van der Waals surface area contributed by atoms with E-state index < -0.39 is 0 Å². The molecule has 0 bridgehead atoms. The fraction of sp³-hybridized carbons (Fsp3) is 0.280. The van der Waals surface area contributed by atoms with E-state index in [4.69, 9.17) is 4.74 Å². The molecule has 1 unspecified atom stereocenters. The summed E-state index contributed by atoms with van der Waals surface area (Å²) in [4.78, 5) is 0. The van der Waals surface area contributed by atoms with Gasteiger partial charge in [0.15, 0.2) is 0 Å². The van der Waals surface area contributed by atoms with Gasteiger partial charge in [-0.3, -0.25) is 0 Å². The average Bonchev–Trinajstić information content (AvgIpc) is 3.19. The third-order valence-corrected chi connectivity index (χ3v) is 6.66. The van der Waals surface area contributed by atoms with Gasteiger partial charge in [0, 0.05) is 0 Å². The van der Waals surface area contributed by atoms with Crippen LogP contribution in [0.25, 0.3) is 0 Å². The lowest BCUT2D eigenvalue weighted by atomic mass is 9.71. The molecule has 3 aromatic carbocycles. The van der Waals surface area contributed by atoms with Crippen molar-refractivity contribution in [2.75, 3.05) is 7.11 Å². The highest BCUT2D eigenvalue weighted by atomic mass is 16.5. The van der Waals surface area contributed by atoms with Crippen LogP contribution in [0.5, 0.6) is 17.2 Å². The van der Waals surface area contributed by atoms with Crippen molar-refractivity contribution in [3.63, 3.8) is 0 Å². The molecule has 0 aliphatic heterocycles. The van der Waals surface area contributed by atoms with Gasteiger partial charge in [0.2, 0.25) is 0 Å². The van der Waals surface area contributed by atoms with E-state index in [0.29, 0.717) is 17.4 Å². The first kappa shape index (κ1) is 17.2. The van der Waals surface area contributed by atoms with E-state index in [0.717, 1.165) is 31.4 Å². The van der Waals surface area contributed by atoms with Gasteiger partial charge in [-0.1, -0.05) is 24.3 Å². The van der Waals surface area contributed by atoms with Gasteiger partial charge in [0.25, 0.3) is 0 Å². The fourth-order valence-electron chi connectivity index (χ4n) is 5.37. The van der Waals surface area contributed by atoms with Crippen molar-refractivity contribution in [2.24, 2.45) is 5.41 Å². The van der Waals surface area contributed by atoms with Gasteiger partial charge in [-0.25, -0.2) is 0 Å². The molecule has 1 spiro atoms. The number of hydrogen-bond acceptors (Lipinski definition) is 3. The van der Waals surface area contributed by atoms with Gasteiger partial charge in [-0.2, -0.15) is 0 Å². The molecule has 0 amide bonds. The molecule has 0 aromatic heterocycles.